The number of benzene rings is 1. The number of likely N-dealkylation sites (N-methyl/N-ethyl adjacent to an activating group) is 1. The van der Waals surface area contributed by atoms with Crippen molar-refractivity contribution in [3.8, 4) is 5.75 Å². The van der Waals surface area contributed by atoms with Crippen molar-refractivity contribution < 1.29 is 14.6 Å². The van der Waals surface area contributed by atoms with Crippen molar-refractivity contribution in [1.29, 1.82) is 0 Å². The summed E-state index contributed by atoms with van der Waals surface area (Å²) in [6, 6.07) is 7.60. The Morgan fingerprint density at radius 1 is 1.40 bits per heavy atom. The molecule has 0 aliphatic rings. The molecule has 0 radical (unpaired) electrons. The molecule has 20 heavy (non-hydrogen) atoms. The van der Waals surface area contributed by atoms with Crippen molar-refractivity contribution >= 4 is 5.91 Å². The molecular formula is C15H24N2O3. The van der Waals surface area contributed by atoms with Crippen molar-refractivity contribution in [2.75, 3.05) is 27.2 Å². The third kappa shape index (κ3) is 6.54. The predicted octanol–water partition coefficient (Wildman–Crippen LogP) is 1.01. The first kappa shape index (κ1) is 16.5. The molecule has 0 bridgehead atoms. The van der Waals surface area contributed by atoms with Gasteiger partial charge in [-0.1, -0.05) is 12.1 Å². The van der Waals surface area contributed by atoms with Crippen LogP contribution in [0.2, 0.25) is 0 Å². The van der Waals surface area contributed by atoms with Crippen LogP contribution in [0.4, 0.5) is 0 Å². The van der Waals surface area contributed by atoms with Crippen LogP contribution >= 0.6 is 0 Å². The van der Waals surface area contributed by atoms with E-state index in [4.69, 9.17) is 4.74 Å². The van der Waals surface area contributed by atoms with Crippen LogP contribution in [0.1, 0.15) is 18.9 Å². The van der Waals surface area contributed by atoms with Crippen LogP contribution in [0.15, 0.2) is 24.3 Å². The van der Waals surface area contributed by atoms with Gasteiger partial charge in [0.2, 0.25) is 5.91 Å². The minimum Gasteiger partial charge on any atom is -0.497 e. The zero-order chi connectivity index (χ0) is 15.0. The van der Waals surface area contributed by atoms with Gasteiger partial charge in [0.15, 0.2) is 0 Å². The number of methoxy groups -OCH3 is 1. The van der Waals surface area contributed by atoms with E-state index in [1.54, 1.807) is 14.0 Å². The fourth-order valence-corrected chi connectivity index (χ4v) is 1.73. The summed E-state index contributed by atoms with van der Waals surface area (Å²) in [5, 5.41) is 12.1. The van der Waals surface area contributed by atoms with Gasteiger partial charge in [-0.15, -0.1) is 0 Å². The minimum absolute atomic E-state index is 0.0195. The number of aliphatic hydroxyl groups is 1. The Bertz CT molecular complexity index is 404. The highest BCUT2D eigenvalue weighted by Crippen LogP contribution is 2.10. The lowest BCUT2D eigenvalue weighted by Gasteiger charge is -2.17. The number of nitrogens with zero attached hydrogens (tertiary/aromatic N) is 1. The SMILES string of the molecule is COc1ccc(CNC(=O)CN(C)CCC(C)O)cc1. The number of carbonyl (C=O) groups is 1. The Hall–Kier alpha value is -1.59. The number of nitrogens with one attached hydrogen (secondary N) is 1. The molecule has 5 heteroatoms. The molecule has 5 nitrogen and oxygen atoms in total. The van der Waals surface area contributed by atoms with Gasteiger partial charge in [0.05, 0.1) is 19.8 Å². The van der Waals surface area contributed by atoms with E-state index in [1.165, 1.54) is 0 Å². The monoisotopic (exact) mass is 280 g/mol. The number of hydrogen-bond acceptors (Lipinski definition) is 4. The van der Waals surface area contributed by atoms with Gasteiger partial charge in [0.25, 0.3) is 0 Å². The molecule has 0 saturated carbocycles. The average molecular weight is 280 g/mol. The molecule has 0 aliphatic heterocycles. The second-order valence-corrected chi connectivity index (χ2v) is 5.00. The quantitative estimate of drug-likeness (QED) is 0.746. The molecule has 0 spiro atoms. The molecule has 2 N–H and O–H groups in total. The van der Waals surface area contributed by atoms with Crippen LogP contribution < -0.4 is 10.1 Å². The Kier molecular flexibility index (Phi) is 7.04. The molecule has 0 aliphatic carbocycles. The molecule has 0 aromatic heterocycles. The molecule has 1 amide bonds. The highest BCUT2D eigenvalue weighted by Gasteiger charge is 2.07. The van der Waals surface area contributed by atoms with Crippen molar-refractivity contribution in [2.45, 2.75) is 26.0 Å². The van der Waals surface area contributed by atoms with E-state index in [-0.39, 0.29) is 12.0 Å². The van der Waals surface area contributed by atoms with E-state index < -0.39 is 0 Å². The van der Waals surface area contributed by atoms with Crippen LogP contribution in [0.3, 0.4) is 0 Å². The number of carbonyl (C=O) groups excluding carboxylic acids is 1. The topological polar surface area (TPSA) is 61.8 Å². The van der Waals surface area contributed by atoms with Gasteiger partial charge in [-0.05, 0) is 38.1 Å². The zero-order valence-electron chi connectivity index (χ0n) is 12.4. The minimum atomic E-state index is -0.334. The summed E-state index contributed by atoms with van der Waals surface area (Å²) in [4.78, 5) is 13.7. The number of aliphatic hydroxyl groups excluding tert-OH is 1. The number of ether oxygens (including phenoxy) is 1. The lowest BCUT2D eigenvalue weighted by molar-refractivity contribution is -0.122. The van der Waals surface area contributed by atoms with Gasteiger partial charge >= 0.3 is 0 Å². The molecule has 1 aromatic rings. The van der Waals surface area contributed by atoms with Gasteiger partial charge in [-0.2, -0.15) is 0 Å². The van der Waals surface area contributed by atoms with Gasteiger partial charge < -0.3 is 15.2 Å². The fourth-order valence-electron chi connectivity index (χ4n) is 1.73. The first-order valence-corrected chi connectivity index (χ1v) is 6.77. The van der Waals surface area contributed by atoms with E-state index in [0.717, 1.165) is 11.3 Å². The lowest BCUT2D eigenvalue weighted by atomic mass is 10.2. The van der Waals surface area contributed by atoms with Gasteiger partial charge in [-0.25, -0.2) is 0 Å². The van der Waals surface area contributed by atoms with E-state index >= 15 is 0 Å². The third-order valence-electron chi connectivity index (χ3n) is 2.99. The highest BCUT2D eigenvalue weighted by atomic mass is 16.5. The molecule has 112 valence electrons. The van der Waals surface area contributed by atoms with Crippen LogP contribution in [0.5, 0.6) is 5.75 Å². The Morgan fingerprint density at radius 3 is 2.60 bits per heavy atom. The zero-order valence-corrected chi connectivity index (χ0v) is 12.4. The van der Waals surface area contributed by atoms with Crippen molar-refractivity contribution in [3.05, 3.63) is 29.8 Å². The smallest absolute Gasteiger partial charge is 0.234 e. The summed E-state index contributed by atoms with van der Waals surface area (Å²) in [5.41, 5.74) is 1.03. The van der Waals surface area contributed by atoms with Crippen LogP contribution in [0.25, 0.3) is 0 Å². The highest BCUT2D eigenvalue weighted by molar-refractivity contribution is 5.77. The third-order valence-corrected chi connectivity index (χ3v) is 2.99. The standard InChI is InChI=1S/C15H24N2O3/c1-12(18)8-9-17(2)11-15(19)16-10-13-4-6-14(20-3)7-5-13/h4-7,12,18H,8-11H2,1-3H3,(H,16,19). The molecule has 0 saturated heterocycles. The van der Waals surface area contributed by atoms with Gasteiger partial charge in [-0.3, -0.25) is 9.69 Å². The van der Waals surface area contributed by atoms with E-state index in [1.807, 2.05) is 36.2 Å². The number of amides is 1. The van der Waals surface area contributed by atoms with Gasteiger partial charge in [0, 0.05) is 13.1 Å². The molecule has 0 heterocycles. The maximum Gasteiger partial charge on any atom is 0.234 e. The maximum absolute atomic E-state index is 11.8. The molecule has 0 fully saturated rings. The van der Waals surface area contributed by atoms with E-state index in [0.29, 0.717) is 26.1 Å². The molecule has 1 aromatic carbocycles. The first-order chi connectivity index (χ1) is 9.51. The lowest BCUT2D eigenvalue weighted by Crippen LogP contribution is -2.35. The van der Waals surface area contributed by atoms with Crippen molar-refractivity contribution in [2.24, 2.45) is 0 Å². The van der Waals surface area contributed by atoms with Crippen LogP contribution in [0, 0.1) is 0 Å². The largest absolute Gasteiger partial charge is 0.497 e. The molecule has 1 rings (SSSR count). The Morgan fingerprint density at radius 2 is 2.05 bits per heavy atom. The van der Waals surface area contributed by atoms with Crippen molar-refractivity contribution in [1.82, 2.24) is 10.2 Å². The van der Waals surface area contributed by atoms with Crippen molar-refractivity contribution in [3.63, 3.8) is 0 Å². The maximum atomic E-state index is 11.8. The van der Waals surface area contributed by atoms with Crippen LogP contribution in [-0.2, 0) is 11.3 Å². The Balaban J connectivity index is 2.28. The second kappa shape index (κ2) is 8.55. The first-order valence-electron chi connectivity index (χ1n) is 6.77. The summed E-state index contributed by atoms with van der Waals surface area (Å²) in [6.07, 6.45) is 0.335. The summed E-state index contributed by atoms with van der Waals surface area (Å²) in [6.45, 7) is 3.29. The summed E-state index contributed by atoms with van der Waals surface area (Å²) in [7, 11) is 3.50. The van der Waals surface area contributed by atoms with E-state index in [9.17, 15) is 9.90 Å². The average Bonchev–Trinajstić information content (AvgIpc) is 2.43. The Labute approximate surface area is 120 Å². The second-order valence-electron chi connectivity index (χ2n) is 5.00. The summed E-state index contributed by atoms with van der Waals surface area (Å²) in [5.74, 6) is 0.784. The molecule has 1 unspecified atom stereocenters. The predicted molar refractivity (Wildman–Crippen MR) is 78.6 cm³/mol. The normalized spacial score (nSPS) is 12.2. The fraction of sp³-hybridized carbons (Fsp3) is 0.533. The van der Waals surface area contributed by atoms with Gasteiger partial charge in [0.1, 0.15) is 5.75 Å². The summed E-state index contributed by atoms with van der Waals surface area (Å²) >= 11 is 0. The molecular weight excluding hydrogens is 256 g/mol. The van der Waals surface area contributed by atoms with Crippen LogP contribution in [-0.4, -0.2) is 49.3 Å². The number of hydrogen-bond donors (Lipinski definition) is 2. The van der Waals surface area contributed by atoms with E-state index in [2.05, 4.69) is 5.32 Å². The molecule has 1 atom stereocenters. The summed E-state index contributed by atoms with van der Waals surface area (Å²) < 4.78 is 5.08. The number of rotatable bonds is 8.